The summed E-state index contributed by atoms with van der Waals surface area (Å²) in [4.78, 5) is 32.0. The van der Waals surface area contributed by atoms with Crippen LogP contribution in [0.25, 0.3) is 0 Å². The summed E-state index contributed by atoms with van der Waals surface area (Å²) in [7, 11) is 4.75. The van der Waals surface area contributed by atoms with Gasteiger partial charge in [0.05, 0.1) is 50.5 Å². The smallest absolute Gasteiger partial charge is 0.336 e. The summed E-state index contributed by atoms with van der Waals surface area (Å²) in [6, 6.07) is 9.46. The van der Waals surface area contributed by atoms with Crippen LogP contribution in [-0.4, -0.2) is 52.0 Å². The van der Waals surface area contributed by atoms with Crippen molar-refractivity contribution in [3.8, 4) is 23.0 Å². The molecule has 9 heteroatoms. The van der Waals surface area contributed by atoms with E-state index in [1.807, 2.05) is 37.3 Å². The zero-order chi connectivity index (χ0) is 28.3. The lowest BCUT2D eigenvalue weighted by atomic mass is 9.66. The first-order valence-electron chi connectivity index (χ1n) is 13.0. The quantitative estimate of drug-likeness (QED) is 0.326. The molecule has 0 spiro atoms. The van der Waals surface area contributed by atoms with Crippen molar-refractivity contribution in [3.63, 3.8) is 0 Å². The molecule has 208 valence electrons. The van der Waals surface area contributed by atoms with E-state index in [0.717, 1.165) is 16.8 Å². The maximum atomic E-state index is 13.9. The topological polar surface area (TPSA) is 92.7 Å². The van der Waals surface area contributed by atoms with Gasteiger partial charge in [0.1, 0.15) is 5.78 Å². The molecule has 2 aromatic rings. The Balaban J connectivity index is 1.82. The van der Waals surface area contributed by atoms with Crippen molar-refractivity contribution in [2.45, 2.75) is 45.4 Å². The van der Waals surface area contributed by atoms with Crippen molar-refractivity contribution in [3.05, 3.63) is 57.2 Å². The summed E-state index contributed by atoms with van der Waals surface area (Å²) in [5.74, 6) is 0.617. The van der Waals surface area contributed by atoms with Gasteiger partial charge in [-0.3, -0.25) is 9.79 Å². The number of benzene rings is 2. The van der Waals surface area contributed by atoms with Crippen LogP contribution in [0, 0.1) is 5.92 Å². The fourth-order valence-electron chi connectivity index (χ4n) is 5.58. The molecule has 39 heavy (non-hydrogen) atoms. The van der Waals surface area contributed by atoms with Gasteiger partial charge in [0.15, 0.2) is 23.0 Å². The first-order chi connectivity index (χ1) is 18.8. The molecular formula is C30H34BrNO7. The van der Waals surface area contributed by atoms with Crippen molar-refractivity contribution in [1.29, 1.82) is 0 Å². The van der Waals surface area contributed by atoms with E-state index in [1.54, 1.807) is 35.2 Å². The van der Waals surface area contributed by atoms with Gasteiger partial charge in [0.2, 0.25) is 0 Å². The molecule has 8 nitrogen and oxygen atoms in total. The van der Waals surface area contributed by atoms with E-state index < -0.39 is 17.8 Å². The second-order valence-corrected chi connectivity index (χ2v) is 10.3. The van der Waals surface area contributed by atoms with E-state index in [0.29, 0.717) is 58.2 Å². The Morgan fingerprint density at radius 3 is 2.28 bits per heavy atom. The molecule has 1 aliphatic carbocycles. The number of allylic oxidation sites excluding steroid dienone is 1. The van der Waals surface area contributed by atoms with Crippen LogP contribution in [0.2, 0.25) is 0 Å². The number of carbonyl (C=O) groups is 2. The van der Waals surface area contributed by atoms with Crippen LogP contribution in [-0.2, 0) is 14.3 Å². The highest BCUT2D eigenvalue weighted by molar-refractivity contribution is 9.10. The van der Waals surface area contributed by atoms with E-state index in [2.05, 4.69) is 15.9 Å². The first kappa shape index (κ1) is 28.7. The van der Waals surface area contributed by atoms with Gasteiger partial charge in [-0.15, -0.1) is 0 Å². The van der Waals surface area contributed by atoms with Crippen LogP contribution in [0.1, 0.15) is 56.6 Å². The fourth-order valence-corrected chi connectivity index (χ4v) is 6.20. The number of carbonyl (C=O) groups excluding carboxylic acids is 2. The van der Waals surface area contributed by atoms with Crippen LogP contribution in [0.5, 0.6) is 23.0 Å². The number of hydrogen-bond acceptors (Lipinski definition) is 8. The Bertz CT molecular complexity index is 1330. The van der Waals surface area contributed by atoms with E-state index in [9.17, 15) is 9.59 Å². The number of esters is 1. The number of fused-ring (bicyclic) bond motifs is 1. The molecule has 1 heterocycles. The number of halogens is 1. The van der Waals surface area contributed by atoms with Gasteiger partial charge in [-0.25, -0.2) is 4.79 Å². The number of Topliss-reactive ketones (excluding diaryl/α,β-unsaturated/α-hetero) is 1. The molecule has 2 aromatic carbocycles. The average molecular weight is 601 g/mol. The predicted octanol–water partition coefficient (Wildman–Crippen LogP) is 6.01. The molecule has 1 saturated carbocycles. The summed E-state index contributed by atoms with van der Waals surface area (Å²) < 4.78 is 28.4. The summed E-state index contributed by atoms with van der Waals surface area (Å²) in [5.41, 5.74) is 3.43. The summed E-state index contributed by atoms with van der Waals surface area (Å²) in [6.07, 6.45) is 0.881. The predicted molar refractivity (Wildman–Crippen MR) is 151 cm³/mol. The van der Waals surface area contributed by atoms with Crippen molar-refractivity contribution in [1.82, 2.24) is 0 Å². The number of methoxy groups -OCH3 is 3. The highest BCUT2D eigenvalue weighted by atomic mass is 79.9. The maximum absolute atomic E-state index is 13.9. The molecule has 0 aromatic heterocycles. The lowest BCUT2D eigenvalue weighted by molar-refractivity contribution is -0.139. The van der Waals surface area contributed by atoms with Crippen LogP contribution in [0.15, 0.2) is 51.1 Å². The Morgan fingerprint density at radius 2 is 1.64 bits per heavy atom. The molecule has 1 unspecified atom stereocenters. The third-order valence-electron chi connectivity index (χ3n) is 7.22. The van der Waals surface area contributed by atoms with E-state index in [1.165, 1.54) is 0 Å². The van der Waals surface area contributed by atoms with Crippen molar-refractivity contribution in [2.24, 2.45) is 10.9 Å². The SMILES string of the molecule is CCOC(=O)C1=C(C)N=C2C[C@H](c3ccc(OC)c(OC)c3)CC(=O)C2[C@H]1c1cc(Br)c(OC)c(OCC)c1. The summed E-state index contributed by atoms with van der Waals surface area (Å²) in [5, 5.41) is 0. The first-order valence-corrected chi connectivity index (χ1v) is 13.8. The normalized spacial score (nSPS) is 20.6. The average Bonchev–Trinajstić information content (AvgIpc) is 2.91. The highest BCUT2D eigenvalue weighted by Crippen LogP contribution is 2.49. The summed E-state index contributed by atoms with van der Waals surface area (Å²) in [6.45, 7) is 6.10. The van der Waals surface area contributed by atoms with Gasteiger partial charge in [0, 0.05) is 23.7 Å². The van der Waals surface area contributed by atoms with Crippen LogP contribution < -0.4 is 18.9 Å². The molecule has 1 fully saturated rings. The maximum Gasteiger partial charge on any atom is 0.336 e. The second-order valence-electron chi connectivity index (χ2n) is 9.43. The van der Waals surface area contributed by atoms with Crippen molar-refractivity contribution in [2.75, 3.05) is 34.5 Å². The lowest BCUT2D eigenvalue weighted by Crippen LogP contribution is -2.41. The number of ketones is 1. The molecular weight excluding hydrogens is 566 g/mol. The number of aliphatic imine (C=N–C) groups is 1. The number of hydrogen-bond donors (Lipinski definition) is 0. The zero-order valence-corrected chi connectivity index (χ0v) is 24.7. The minimum Gasteiger partial charge on any atom is -0.493 e. The van der Waals surface area contributed by atoms with Gasteiger partial charge in [-0.1, -0.05) is 6.07 Å². The Kier molecular flexibility index (Phi) is 9.00. The molecule has 2 aliphatic rings. The third kappa shape index (κ3) is 5.55. The van der Waals surface area contributed by atoms with Crippen molar-refractivity contribution >= 4 is 33.4 Å². The molecule has 1 aliphatic heterocycles. The molecule has 4 rings (SSSR count). The van der Waals surface area contributed by atoms with E-state index >= 15 is 0 Å². The van der Waals surface area contributed by atoms with Crippen molar-refractivity contribution < 1.29 is 33.3 Å². The summed E-state index contributed by atoms with van der Waals surface area (Å²) >= 11 is 3.59. The largest absolute Gasteiger partial charge is 0.493 e. The van der Waals surface area contributed by atoms with E-state index in [-0.39, 0.29) is 18.3 Å². The molecule has 0 bridgehead atoms. The molecule has 0 N–H and O–H groups in total. The molecule has 0 saturated heterocycles. The minimum atomic E-state index is -0.598. The van der Waals surface area contributed by atoms with Crippen LogP contribution >= 0.6 is 15.9 Å². The second kappa shape index (κ2) is 12.2. The molecule has 0 amide bonds. The number of ether oxygens (including phenoxy) is 5. The van der Waals surface area contributed by atoms with Crippen LogP contribution in [0.3, 0.4) is 0 Å². The monoisotopic (exact) mass is 599 g/mol. The zero-order valence-electron chi connectivity index (χ0n) is 23.1. The van der Waals surface area contributed by atoms with Gasteiger partial charge in [0.25, 0.3) is 0 Å². The highest BCUT2D eigenvalue weighted by Gasteiger charge is 2.46. The lowest BCUT2D eigenvalue weighted by Gasteiger charge is -2.38. The minimum absolute atomic E-state index is 0.0176. The Morgan fingerprint density at radius 1 is 0.923 bits per heavy atom. The molecule has 0 radical (unpaired) electrons. The van der Waals surface area contributed by atoms with Crippen LogP contribution in [0.4, 0.5) is 0 Å². The Hall–Kier alpha value is -3.33. The Labute approximate surface area is 237 Å². The van der Waals surface area contributed by atoms with Gasteiger partial charge in [-0.2, -0.15) is 0 Å². The fraction of sp³-hybridized carbons (Fsp3) is 0.433. The van der Waals surface area contributed by atoms with E-state index in [4.69, 9.17) is 28.7 Å². The number of rotatable bonds is 9. The number of nitrogens with zero attached hydrogens (tertiary/aromatic N) is 1. The van der Waals surface area contributed by atoms with Gasteiger partial charge >= 0.3 is 5.97 Å². The molecule has 3 atom stereocenters. The third-order valence-corrected chi connectivity index (χ3v) is 7.81. The standard InChI is InChI=1S/C30H34BrNO7/c1-7-38-25-15-19(11-20(31)29(25)37-6)27-26(30(34)39-8-2)16(3)32-21-12-18(13-22(33)28(21)27)17-9-10-23(35-4)24(14-17)36-5/h9-11,14-15,18,27-28H,7-8,12-13H2,1-6H3/t18-,27-,28?/m0/s1. The van der Waals surface area contributed by atoms with Gasteiger partial charge in [-0.05, 0) is 84.4 Å². The van der Waals surface area contributed by atoms with Gasteiger partial charge < -0.3 is 23.7 Å².